The molecule has 1 amide bonds. The third-order valence-corrected chi connectivity index (χ3v) is 4.35. The molecule has 1 saturated carbocycles. The first-order valence-corrected chi connectivity index (χ1v) is 8.24. The smallest absolute Gasteiger partial charge is 0.221 e. The molecule has 2 aromatic rings. The maximum atomic E-state index is 11.0. The topological polar surface area (TPSA) is 77.8 Å². The second-order valence-corrected chi connectivity index (χ2v) is 6.28. The predicted octanol–water partition coefficient (Wildman–Crippen LogP) is 3.96. The minimum Gasteiger partial charge on any atom is -0.360 e. The van der Waals surface area contributed by atoms with E-state index in [-0.39, 0.29) is 5.91 Å². The van der Waals surface area contributed by atoms with Crippen molar-refractivity contribution in [3.63, 3.8) is 0 Å². The van der Waals surface area contributed by atoms with E-state index in [2.05, 4.69) is 21.7 Å². The lowest BCUT2D eigenvalue weighted by Crippen LogP contribution is -2.05. The van der Waals surface area contributed by atoms with Crippen LogP contribution in [0.4, 0.5) is 11.4 Å². The molecule has 6 heteroatoms. The summed E-state index contributed by atoms with van der Waals surface area (Å²) in [5.41, 5.74) is 3.20. The number of carbonyl (C=O) groups excluding carboxylic acids is 1. The van der Waals surface area contributed by atoms with Crippen molar-refractivity contribution in [2.45, 2.75) is 25.7 Å². The summed E-state index contributed by atoms with van der Waals surface area (Å²) in [6.07, 6.45) is 4.07. The summed E-state index contributed by atoms with van der Waals surface area (Å²) in [5, 5.41) is 17.9. The number of amides is 1. The second-order valence-electron chi connectivity index (χ2n) is 5.42. The fourth-order valence-corrected chi connectivity index (χ4v) is 2.99. The van der Waals surface area contributed by atoms with Gasteiger partial charge in [-0.1, -0.05) is 0 Å². The number of carbonyl (C=O) groups is 1. The van der Waals surface area contributed by atoms with Crippen molar-refractivity contribution in [2.75, 3.05) is 10.6 Å². The van der Waals surface area contributed by atoms with E-state index in [1.807, 2.05) is 17.5 Å². The number of allylic oxidation sites excluding steroid dienone is 1. The number of nitrogens with one attached hydrogen (secondary N) is 2. The van der Waals surface area contributed by atoms with Crippen molar-refractivity contribution in [1.82, 2.24) is 4.98 Å². The number of hydrogen-bond donors (Lipinski definition) is 2. The van der Waals surface area contributed by atoms with Crippen LogP contribution in [0.15, 0.2) is 35.8 Å². The van der Waals surface area contributed by atoms with Gasteiger partial charge in [-0.2, -0.15) is 5.26 Å². The molecule has 5 nitrogen and oxygen atoms in total. The van der Waals surface area contributed by atoms with Crippen LogP contribution in [-0.4, -0.2) is 10.9 Å². The Kier molecular flexibility index (Phi) is 4.40. The van der Waals surface area contributed by atoms with Crippen LogP contribution < -0.4 is 10.6 Å². The average molecular weight is 324 g/mol. The molecule has 0 atom stereocenters. The van der Waals surface area contributed by atoms with Crippen LogP contribution in [0.5, 0.6) is 0 Å². The van der Waals surface area contributed by atoms with Gasteiger partial charge in [0.15, 0.2) is 0 Å². The van der Waals surface area contributed by atoms with E-state index >= 15 is 0 Å². The zero-order valence-corrected chi connectivity index (χ0v) is 13.5. The number of hydrogen-bond acceptors (Lipinski definition) is 5. The third-order valence-electron chi connectivity index (χ3n) is 3.46. The zero-order chi connectivity index (χ0) is 16.2. The largest absolute Gasteiger partial charge is 0.360 e. The first kappa shape index (κ1) is 15.3. The number of anilines is 2. The Morgan fingerprint density at radius 1 is 1.35 bits per heavy atom. The van der Waals surface area contributed by atoms with Gasteiger partial charge in [-0.3, -0.25) is 4.79 Å². The zero-order valence-electron chi connectivity index (χ0n) is 12.7. The third kappa shape index (κ3) is 3.96. The normalized spacial score (nSPS) is 14.2. The van der Waals surface area contributed by atoms with E-state index in [1.54, 1.807) is 18.3 Å². The van der Waals surface area contributed by atoms with E-state index in [0.29, 0.717) is 11.5 Å². The van der Waals surface area contributed by atoms with Crippen molar-refractivity contribution in [3.8, 4) is 6.07 Å². The molecule has 0 bridgehead atoms. The molecule has 0 unspecified atom stereocenters. The number of thiazole rings is 1. The first-order valence-electron chi connectivity index (χ1n) is 7.36. The van der Waals surface area contributed by atoms with Crippen LogP contribution in [0.3, 0.4) is 0 Å². The van der Waals surface area contributed by atoms with Gasteiger partial charge in [0.2, 0.25) is 5.91 Å². The lowest BCUT2D eigenvalue weighted by atomic mass is 10.2. The van der Waals surface area contributed by atoms with E-state index < -0.39 is 0 Å². The summed E-state index contributed by atoms with van der Waals surface area (Å²) < 4.78 is 0. The molecular formula is C17H16N4OS. The molecule has 0 aliphatic heterocycles. The summed E-state index contributed by atoms with van der Waals surface area (Å²) in [7, 11) is 0. The minimum atomic E-state index is -0.104. The average Bonchev–Trinajstić information content (AvgIpc) is 3.28. The molecule has 3 rings (SSSR count). The van der Waals surface area contributed by atoms with Gasteiger partial charge in [0.1, 0.15) is 16.6 Å². The molecule has 116 valence electrons. The molecule has 0 radical (unpaired) electrons. The van der Waals surface area contributed by atoms with Gasteiger partial charge in [-0.05, 0) is 37.1 Å². The highest BCUT2D eigenvalue weighted by molar-refractivity contribution is 7.10. The van der Waals surface area contributed by atoms with Crippen LogP contribution >= 0.6 is 11.3 Å². The molecule has 1 fully saturated rings. The lowest BCUT2D eigenvalue weighted by Gasteiger charge is -2.04. The highest BCUT2D eigenvalue weighted by Gasteiger charge is 2.26. The van der Waals surface area contributed by atoms with Crippen molar-refractivity contribution >= 4 is 34.2 Å². The Balaban J connectivity index is 1.69. The first-order chi connectivity index (χ1) is 11.2. The highest BCUT2D eigenvalue weighted by atomic mass is 32.1. The van der Waals surface area contributed by atoms with Crippen LogP contribution in [0.25, 0.3) is 5.57 Å². The molecule has 0 saturated heterocycles. The Bertz CT molecular complexity index is 782. The highest BCUT2D eigenvalue weighted by Crippen LogP contribution is 2.40. The summed E-state index contributed by atoms with van der Waals surface area (Å²) in [6.45, 7) is 1.47. The fraction of sp³-hybridized carbons (Fsp3) is 0.235. The van der Waals surface area contributed by atoms with Crippen molar-refractivity contribution in [2.24, 2.45) is 0 Å². The van der Waals surface area contributed by atoms with Gasteiger partial charge in [-0.15, -0.1) is 11.3 Å². The van der Waals surface area contributed by atoms with E-state index in [1.165, 1.54) is 31.1 Å². The van der Waals surface area contributed by atoms with Crippen LogP contribution in [0.1, 0.15) is 36.4 Å². The molecule has 1 aliphatic carbocycles. The molecule has 0 spiro atoms. The standard InChI is InChI=1S/C17H16N4OS/c1-11(22)20-15-6-4-14(5-7-15)19-9-13(8-18)17-21-16(10-23-17)12-2-3-12/h4-7,9-10,12,19H,2-3H2,1H3,(H,20,22). The quantitative estimate of drug-likeness (QED) is 0.816. The summed E-state index contributed by atoms with van der Waals surface area (Å²) in [5.74, 6) is 0.488. The molecule has 1 aromatic heterocycles. The number of rotatable bonds is 5. The minimum absolute atomic E-state index is 0.104. The number of benzene rings is 1. The maximum Gasteiger partial charge on any atom is 0.221 e. The predicted molar refractivity (Wildman–Crippen MR) is 92.0 cm³/mol. The monoisotopic (exact) mass is 324 g/mol. The van der Waals surface area contributed by atoms with E-state index in [4.69, 9.17) is 0 Å². The molecule has 1 heterocycles. The van der Waals surface area contributed by atoms with Crippen molar-refractivity contribution < 1.29 is 4.79 Å². The van der Waals surface area contributed by atoms with Gasteiger partial charge in [0, 0.05) is 35.8 Å². The Morgan fingerprint density at radius 2 is 2.04 bits per heavy atom. The fourth-order valence-electron chi connectivity index (χ4n) is 2.13. The van der Waals surface area contributed by atoms with Crippen molar-refractivity contribution in [3.05, 3.63) is 46.5 Å². The Hall–Kier alpha value is -2.65. The van der Waals surface area contributed by atoms with Gasteiger partial charge in [0.25, 0.3) is 0 Å². The Labute approximate surface area is 138 Å². The number of nitriles is 1. The van der Waals surface area contributed by atoms with Gasteiger partial charge in [0.05, 0.1) is 5.69 Å². The van der Waals surface area contributed by atoms with E-state index in [9.17, 15) is 10.1 Å². The molecule has 2 N–H and O–H groups in total. The summed E-state index contributed by atoms with van der Waals surface area (Å²) >= 11 is 1.51. The molecule has 23 heavy (non-hydrogen) atoms. The van der Waals surface area contributed by atoms with Gasteiger partial charge in [-0.25, -0.2) is 4.98 Å². The van der Waals surface area contributed by atoms with Gasteiger partial charge >= 0.3 is 0 Å². The van der Waals surface area contributed by atoms with Crippen LogP contribution in [-0.2, 0) is 4.79 Å². The Morgan fingerprint density at radius 3 is 2.65 bits per heavy atom. The number of nitrogens with zero attached hydrogens (tertiary/aromatic N) is 2. The van der Waals surface area contributed by atoms with Crippen LogP contribution in [0, 0.1) is 11.3 Å². The van der Waals surface area contributed by atoms with Gasteiger partial charge < -0.3 is 10.6 Å². The number of aromatic nitrogens is 1. The van der Waals surface area contributed by atoms with Crippen LogP contribution in [0.2, 0.25) is 0 Å². The molecule has 1 aliphatic rings. The SMILES string of the molecule is CC(=O)Nc1ccc(NC=C(C#N)c2nc(C3CC3)cs2)cc1. The summed E-state index contributed by atoms with van der Waals surface area (Å²) in [4.78, 5) is 15.5. The van der Waals surface area contributed by atoms with Crippen molar-refractivity contribution in [1.29, 1.82) is 5.26 Å². The molecule has 1 aromatic carbocycles. The summed E-state index contributed by atoms with van der Waals surface area (Å²) in [6, 6.07) is 9.48. The maximum absolute atomic E-state index is 11.0. The second kappa shape index (κ2) is 6.63. The molecular weight excluding hydrogens is 308 g/mol. The lowest BCUT2D eigenvalue weighted by molar-refractivity contribution is -0.114. The van der Waals surface area contributed by atoms with E-state index in [0.717, 1.165) is 22.1 Å².